The molecule has 0 aliphatic rings. The maximum absolute atomic E-state index is 4.07. The minimum absolute atomic E-state index is 0.591. The van der Waals surface area contributed by atoms with Crippen LogP contribution in [0, 0.1) is 27.7 Å². The van der Waals surface area contributed by atoms with Crippen molar-refractivity contribution < 1.29 is 0 Å². The molecule has 0 bridgehead atoms. The van der Waals surface area contributed by atoms with Gasteiger partial charge in [-0.3, -0.25) is 4.98 Å². The topological polar surface area (TPSA) is 12.9 Å². The van der Waals surface area contributed by atoms with Gasteiger partial charge in [-0.2, -0.15) is 0 Å². The summed E-state index contributed by atoms with van der Waals surface area (Å²) >= 11 is 0. The Bertz CT molecular complexity index is 1180. The summed E-state index contributed by atoms with van der Waals surface area (Å²) in [7, 11) is 0. The smallest absolute Gasteiger partial charge is 0.0305 e. The van der Waals surface area contributed by atoms with Crippen molar-refractivity contribution in [3.05, 3.63) is 136 Å². The van der Waals surface area contributed by atoms with Crippen molar-refractivity contribution in [2.45, 2.75) is 107 Å². The fraction of sp³-hybridized carbons (Fsp3) is 0.410. The Morgan fingerprint density at radius 1 is 0.450 bits per heavy atom. The van der Waals surface area contributed by atoms with Gasteiger partial charge in [-0.25, -0.2) is 0 Å². The number of nitrogens with zero attached hydrogens (tertiary/aromatic N) is 1. The molecule has 0 saturated heterocycles. The molecule has 0 fully saturated rings. The predicted molar refractivity (Wildman–Crippen MR) is 179 cm³/mol. The third kappa shape index (κ3) is 13.2. The van der Waals surface area contributed by atoms with E-state index in [0.717, 1.165) is 0 Å². The first-order chi connectivity index (χ1) is 18.8. The van der Waals surface area contributed by atoms with Crippen molar-refractivity contribution in [1.29, 1.82) is 0 Å². The van der Waals surface area contributed by atoms with Gasteiger partial charge < -0.3 is 0 Å². The Kier molecular flexibility index (Phi) is 15.9. The van der Waals surface area contributed by atoms with Gasteiger partial charge in [-0.1, -0.05) is 139 Å². The summed E-state index contributed by atoms with van der Waals surface area (Å²) in [4.78, 5) is 4.07. The molecule has 0 aliphatic carbocycles. The number of hydrogen-bond acceptors (Lipinski definition) is 1. The highest BCUT2D eigenvalue weighted by Crippen LogP contribution is 2.18. The lowest BCUT2D eigenvalue weighted by Gasteiger charge is -2.07. The Labute approximate surface area is 247 Å². The molecule has 0 atom stereocenters. The molecule has 4 aromatic rings. The molecule has 0 spiro atoms. The average Bonchev–Trinajstić information content (AvgIpc) is 2.90. The summed E-state index contributed by atoms with van der Waals surface area (Å²) in [5.74, 6) is 2.55. The van der Waals surface area contributed by atoms with Gasteiger partial charge in [0.2, 0.25) is 0 Å². The van der Waals surface area contributed by atoms with Crippen LogP contribution in [0.4, 0.5) is 0 Å². The summed E-state index contributed by atoms with van der Waals surface area (Å²) in [6.07, 6.45) is 3.78. The van der Waals surface area contributed by atoms with Crippen LogP contribution in [0.2, 0.25) is 0 Å². The van der Waals surface area contributed by atoms with Gasteiger partial charge in [-0.15, -0.1) is 0 Å². The summed E-state index contributed by atoms with van der Waals surface area (Å²) in [5.41, 5.74) is 11.1. The van der Waals surface area contributed by atoms with E-state index >= 15 is 0 Å². The molecule has 3 aromatic carbocycles. The van der Waals surface area contributed by atoms with Gasteiger partial charge in [0.25, 0.3) is 0 Å². The predicted octanol–water partition coefficient (Wildman–Crippen LogP) is 11.9. The number of benzene rings is 3. The normalized spacial score (nSPS) is 10.4. The first-order valence-corrected chi connectivity index (χ1v) is 14.9. The lowest BCUT2D eigenvalue weighted by molar-refractivity contribution is 0.847. The molecule has 1 aromatic heterocycles. The SMILES string of the molecule is Cc1ccc(C(C)C)cc1.Cc1cccc(C(C)C)c1.Cc1ccccc1C(C)C.Cc1ccncc1C(C)C. The molecule has 0 saturated carbocycles. The summed E-state index contributed by atoms with van der Waals surface area (Å²) in [6, 6.07) is 28.0. The van der Waals surface area contributed by atoms with Crippen molar-refractivity contribution in [3.63, 3.8) is 0 Å². The lowest BCUT2D eigenvalue weighted by atomic mass is 9.99. The molecule has 0 N–H and O–H groups in total. The van der Waals surface area contributed by atoms with Crippen LogP contribution in [0.25, 0.3) is 0 Å². The number of pyridine rings is 1. The Morgan fingerprint density at radius 2 is 1.00 bits per heavy atom. The van der Waals surface area contributed by atoms with E-state index < -0.39 is 0 Å². The second kappa shape index (κ2) is 18.2. The van der Waals surface area contributed by atoms with Crippen LogP contribution in [-0.2, 0) is 0 Å². The van der Waals surface area contributed by atoms with Crippen molar-refractivity contribution in [3.8, 4) is 0 Å². The van der Waals surface area contributed by atoms with Crippen molar-refractivity contribution in [2.75, 3.05) is 0 Å². The summed E-state index contributed by atoms with van der Waals surface area (Å²) < 4.78 is 0. The van der Waals surface area contributed by atoms with Crippen LogP contribution < -0.4 is 0 Å². The zero-order valence-electron chi connectivity index (χ0n) is 27.4. The maximum atomic E-state index is 4.07. The van der Waals surface area contributed by atoms with E-state index in [0.29, 0.717) is 23.7 Å². The molecule has 1 heterocycles. The number of hydrogen-bond donors (Lipinski definition) is 0. The Balaban J connectivity index is 0.000000267. The van der Waals surface area contributed by atoms with Crippen LogP contribution in [0.15, 0.2) is 91.3 Å². The molecular formula is C39H55N. The lowest BCUT2D eigenvalue weighted by Crippen LogP contribution is -1.91. The summed E-state index contributed by atoms with van der Waals surface area (Å²) in [6.45, 7) is 26.2. The van der Waals surface area contributed by atoms with Crippen LogP contribution in [0.5, 0.6) is 0 Å². The molecule has 4 rings (SSSR count). The number of rotatable bonds is 4. The molecular weight excluding hydrogens is 482 g/mol. The average molecular weight is 538 g/mol. The molecule has 0 unspecified atom stereocenters. The van der Waals surface area contributed by atoms with Crippen molar-refractivity contribution in [2.24, 2.45) is 0 Å². The summed E-state index contributed by atoms with van der Waals surface area (Å²) in [5, 5.41) is 0. The first-order valence-electron chi connectivity index (χ1n) is 14.9. The van der Waals surface area contributed by atoms with Crippen LogP contribution in [0.1, 0.15) is 124 Å². The van der Waals surface area contributed by atoms with E-state index in [2.05, 4.69) is 167 Å². The van der Waals surface area contributed by atoms with Gasteiger partial charge in [0.05, 0.1) is 0 Å². The van der Waals surface area contributed by atoms with Crippen LogP contribution in [0.3, 0.4) is 0 Å². The number of aryl methyl sites for hydroxylation is 4. The Hall–Kier alpha value is -3.19. The molecule has 1 nitrogen and oxygen atoms in total. The van der Waals surface area contributed by atoms with Crippen molar-refractivity contribution in [1.82, 2.24) is 4.98 Å². The van der Waals surface area contributed by atoms with Gasteiger partial charge >= 0.3 is 0 Å². The highest BCUT2D eigenvalue weighted by molar-refractivity contribution is 5.28. The minimum Gasteiger partial charge on any atom is -0.264 e. The van der Waals surface area contributed by atoms with Gasteiger partial charge in [-0.05, 0) is 90.8 Å². The first kappa shape index (κ1) is 34.8. The zero-order valence-corrected chi connectivity index (χ0v) is 27.4. The fourth-order valence-corrected chi connectivity index (χ4v) is 4.30. The molecule has 216 valence electrons. The van der Waals surface area contributed by atoms with Gasteiger partial charge in [0, 0.05) is 12.4 Å². The van der Waals surface area contributed by atoms with E-state index in [9.17, 15) is 0 Å². The van der Waals surface area contributed by atoms with Crippen LogP contribution >= 0.6 is 0 Å². The van der Waals surface area contributed by atoms with E-state index in [-0.39, 0.29) is 0 Å². The third-order valence-electron chi connectivity index (χ3n) is 6.96. The largest absolute Gasteiger partial charge is 0.264 e. The highest BCUT2D eigenvalue weighted by atomic mass is 14.6. The molecule has 0 aliphatic heterocycles. The highest BCUT2D eigenvalue weighted by Gasteiger charge is 2.01. The molecule has 40 heavy (non-hydrogen) atoms. The van der Waals surface area contributed by atoms with Crippen LogP contribution in [-0.4, -0.2) is 4.98 Å². The van der Waals surface area contributed by atoms with E-state index in [1.165, 1.54) is 44.5 Å². The minimum atomic E-state index is 0.591. The maximum Gasteiger partial charge on any atom is 0.0305 e. The second-order valence-electron chi connectivity index (χ2n) is 12.0. The third-order valence-corrected chi connectivity index (χ3v) is 6.96. The molecule has 0 amide bonds. The van der Waals surface area contributed by atoms with Crippen molar-refractivity contribution >= 4 is 0 Å². The monoisotopic (exact) mass is 537 g/mol. The zero-order chi connectivity index (χ0) is 30.2. The van der Waals surface area contributed by atoms with E-state index in [4.69, 9.17) is 0 Å². The van der Waals surface area contributed by atoms with Gasteiger partial charge in [0.1, 0.15) is 0 Å². The molecule has 0 radical (unpaired) electrons. The Morgan fingerprint density at radius 3 is 1.40 bits per heavy atom. The quantitative estimate of drug-likeness (QED) is 0.252. The molecule has 1 heteroatoms. The second-order valence-corrected chi connectivity index (χ2v) is 12.0. The fourth-order valence-electron chi connectivity index (χ4n) is 4.30. The van der Waals surface area contributed by atoms with E-state index in [1.54, 1.807) is 0 Å². The van der Waals surface area contributed by atoms with Gasteiger partial charge in [0.15, 0.2) is 0 Å². The standard InChI is InChI=1S/3C10H14.C9H13N/c1-8(2)10-6-4-9(3)5-7-10;1-8(2)10-6-4-5-9(3)7-10;1-8(2)10-7-5-4-6-9(10)3;1-7(2)9-6-10-5-4-8(9)3/h3*4-8H,1-3H3;4-7H,1-3H3. The van der Waals surface area contributed by atoms with E-state index in [1.807, 2.05) is 12.4 Å². The number of aromatic nitrogens is 1.